The summed E-state index contributed by atoms with van der Waals surface area (Å²) in [6, 6.07) is 7.81. The second-order valence-corrected chi connectivity index (χ2v) is 7.11. The van der Waals surface area contributed by atoms with Crippen molar-refractivity contribution in [2.45, 2.75) is 51.7 Å². The molecule has 1 heterocycles. The molecule has 1 amide bonds. The summed E-state index contributed by atoms with van der Waals surface area (Å²) in [5, 5.41) is 3.13. The SMILES string of the molecule is CCCCN1CCC(NC(=O)[C@H](C)Oc2ccc(Br)cc2)CC1. The number of nitrogens with one attached hydrogen (secondary N) is 1. The summed E-state index contributed by atoms with van der Waals surface area (Å²) in [6.45, 7) is 7.35. The fourth-order valence-corrected chi connectivity index (χ4v) is 3.04. The third-order valence-electron chi connectivity index (χ3n) is 4.26. The number of unbranched alkanes of at least 4 members (excludes halogenated alkanes) is 1. The number of likely N-dealkylation sites (tertiary alicyclic amines) is 1. The first-order valence-electron chi connectivity index (χ1n) is 8.53. The van der Waals surface area contributed by atoms with E-state index in [0.29, 0.717) is 5.75 Å². The zero-order valence-corrected chi connectivity index (χ0v) is 15.6. The van der Waals surface area contributed by atoms with Gasteiger partial charge in [0.05, 0.1) is 0 Å². The molecule has 1 atom stereocenters. The van der Waals surface area contributed by atoms with Crippen molar-refractivity contribution in [3.8, 4) is 5.75 Å². The van der Waals surface area contributed by atoms with Crippen molar-refractivity contribution in [1.29, 1.82) is 0 Å². The molecule has 5 heteroatoms. The maximum absolute atomic E-state index is 12.3. The highest BCUT2D eigenvalue weighted by atomic mass is 79.9. The van der Waals surface area contributed by atoms with E-state index >= 15 is 0 Å². The van der Waals surface area contributed by atoms with Gasteiger partial charge in [-0.05, 0) is 57.0 Å². The molecular formula is C18H27BrN2O2. The summed E-state index contributed by atoms with van der Waals surface area (Å²) in [6.07, 6.45) is 4.08. The van der Waals surface area contributed by atoms with Crippen LogP contribution in [0.3, 0.4) is 0 Å². The molecule has 128 valence electrons. The Balaban J connectivity index is 1.73. The van der Waals surface area contributed by atoms with Crippen LogP contribution in [-0.4, -0.2) is 42.6 Å². The summed E-state index contributed by atoms with van der Waals surface area (Å²) in [4.78, 5) is 14.8. The van der Waals surface area contributed by atoms with Gasteiger partial charge in [-0.1, -0.05) is 29.3 Å². The van der Waals surface area contributed by atoms with Gasteiger partial charge in [-0.2, -0.15) is 0 Å². The highest BCUT2D eigenvalue weighted by Crippen LogP contribution is 2.17. The third kappa shape index (κ3) is 6.15. The molecule has 4 nitrogen and oxygen atoms in total. The number of hydrogen-bond donors (Lipinski definition) is 1. The van der Waals surface area contributed by atoms with E-state index in [1.165, 1.54) is 19.4 Å². The number of nitrogens with zero attached hydrogens (tertiary/aromatic N) is 1. The maximum Gasteiger partial charge on any atom is 0.260 e. The number of rotatable bonds is 7. The highest BCUT2D eigenvalue weighted by Gasteiger charge is 2.23. The minimum Gasteiger partial charge on any atom is -0.481 e. The zero-order chi connectivity index (χ0) is 16.7. The van der Waals surface area contributed by atoms with Gasteiger partial charge in [0.25, 0.3) is 5.91 Å². The predicted octanol–water partition coefficient (Wildman–Crippen LogP) is 3.60. The lowest BCUT2D eigenvalue weighted by Crippen LogP contribution is -2.48. The van der Waals surface area contributed by atoms with Crippen LogP contribution in [0, 0.1) is 0 Å². The number of piperidine rings is 1. The first kappa shape index (κ1) is 18.3. The Bertz CT molecular complexity index is 484. The van der Waals surface area contributed by atoms with Crippen LogP contribution in [0.2, 0.25) is 0 Å². The standard InChI is InChI=1S/C18H27BrN2O2/c1-3-4-11-21-12-9-16(10-13-21)20-18(22)14(2)23-17-7-5-15(19)6-8-17/h5-8,14,16H,3-4,9-13H2,1-2H3,(H,20,22)/t14-/m0/s1. The molecule has 1 N–H and O–H groups in total. The van der Waals surface area contributed by atoms with Crippen molar-refractivity contribution < 1.29 is 9.53 Å². The number of carbonyl (C=O) groups is 1. The Morgan fingerprint density at radius 1 is 1.35 bits per heavy atom. The van der Waals surface area contributed by atoms with Gasteiger partial charge in [0, 0.05) is 23.6 Å². The molecule has 2 rings (SSSR count). The van der Waals surface area contributed by atoms with E-state index in [9.17, 15) is 4.79 Å². The van der Waals surface area contributed by atoms with Crippen molar-refractivity contribution in [2.24, 2.45) is 0 Å². The quantitative estimate of drug-likeness (QED) is 0.782. The van der Waals surface area contributed by atoms with Gasteiger partial charge in [-0.25, -0.2) is 0 Å². The van der Waals surface area contributed by atoms with Gasteiger partial charge >= 0.3 is 0 Å². The molecule has 1 saturated heterocycles. The average Bonchev–Trinajstić information content (AvgIpc) is 2.56. The topological polar surface area (TPSA) is 41.6 Å². The Kier molecular flexibility index (Phi) is 7.37. The third-order valence-corrected chi connectivity index (χ3v) is 4.79. The molecule has 1 fully saturated rings. The molecule has 1 aliphatic rings. The molecule has 0 aliphatic carbocycles. The van der Waals surface area contributed by atoms with Gasteiger partial charge in [-0.3, -0.25) is 4.79 Å². The van der Waals surface area contributed by atoms with E-state index < -0.39 is 6.10 Å². The van der Waals surface area contributed by atoms with Crippen molar-refractivity contribution in [3.05, 3.63) is 28.7 Å². The molecule has 1 aliphatic heterocycles. The largest absolute Gasteiger partial charge is 0.481 e. The molecule has 0 bridgehead atoms. The van der Waals surface area contributed by atoms with Crippen molar-refractivity contribution in [1.82, 2.24) is 10.2 Å². The van der Waals surface area contributed by atoms with Gasteiger partial charge in [0.15, 0.2) is 6.10 Å². The fraction of sp³-hybridized carbons (Fsp3) is 0.611. The highest BCUT2D eigenvalue weighted by molar-refractivity contribution is 9.10. The van der Waals surface area contributed by atoms with Gasteiger partial charge in [0.2, 0.25) is 0 Å². The lowest BCUT2D eigenvalue weighted by atomic mass is 10.0. The minimum atomic E-state index is -0.478. The van der Waals surface area contributed by atoms with E-state index in [1.807, 2.05) is 24.3 Å². The Morgan fingerprint density at radius 3 is 2.61 bits per heavy atom. The molecule has 0 radical (unpaired) electrons. The Labute approximate surface area is 147 Å². The van der Waals surface area contributed by atoms with Crippen molar-refractivity contribution in [2.75, 3.05) is 19.6 Å². The van der Waals surface area contributed by atoms with Crippen LogP contribution in [0.15, 0.2) is 28.7 Å². The summed E-state index contributed by atoms with van der Waals surface area (Å²) >= 11 is 3.39. The fourth-order valence-electron chi connectivity index (χ4n) is 2.77. The van der Waals surface area contributed by atoms with Crippen molar-refractivity contribution >= 4 is 21.8 Å². The van der Waals surface area contributed by atoms with Crippen LogP contribution in [0.4, 0.5) is 0 Å². The van der Waals surface area contributed by atoms with Crippen LogP contribution < -0.4 is 10.1 Å². The second kappa shape index (κ2) is 9.28. The van der Waals surface area contributed by atoms with Crippen LogP contribution in [0.1, 0.15) is 39.5 Å². The lowest BCUT2D eigenvalue weighted by Gasteiger charge is -2.32. The Morgan fingerprint density at radius 2 is 2.00 bits per heavy atom. The first-order valence-corrected chi connectivity index (χ1v) is 9.32. The van der Waals surface area contributed by atoms with Gasteiger partial charge < -0.3 is 15.0 Å². The van der Waals surface area contributed by atoms with Crippen LogP contribution in [0.5, 0.6) is 5.75 Å². The Hall–Kier alpha value is -1.07. The molecular weight excluding hydrogens is 356 g/mol. The summed E-state index contributed by atoms with van der Waals surface area (Å²) < 4.78 is 6.70. The molecule has 23 heavy (non-hydrogen) atoms. The van der Waals surface area contributed by atoms with Crippen LogP contribution in [-0.2, 0) is 4.79 Å². The maximum atomic E-state index is 12.3. The van der Waals surface area contributed by atoms with E-state index in [0.717, 1.165) is 30.4 Å². The molecule has 1 aromatic rings. The number of halogens is 1. The van der Waals surface area contributed by atoms with E-state index in [4.69, 9.17) is 4.74 Å². The van der Waals surface area contributed by atoms with E-state index in [1.54, 1.807) is 6.92 Å². The average molecular weight is 383 g/mol. The van der Waals surface area contributed by atoms with Crippen molar-refractivity contribution in [3.63, 3.8) is 0 Å². The number of ether oxygens (including phenoxy) is 1. The molecule has 1 aromatic carbocycles. The predicted molar refractivity (Wildman–Crippen MR) is 96.7 cm³/mol. The second-order valence-electron chi connectivity index (χ2n) is 6.19. The number of carbonyl (C=O) groups excluding carboxylic acids is 1. The molecule has 0 saturated carbocycles. The van der Waals surface area contributed by atoms with E-state index in [2.05, 4.69) is 33.1 Å². The zero-order valence-electron chi connectivity index (χ0n) is 14.1. The number of amides is 1. The van der Waals surface area contributed by atoms with E-state index in [-0.39, 0.29) is 11.9 Å². The minimum absolute atomic E-state index is 0.0278. The summed E-state index contributed by atoms with van der Waals surface area (Å²) in [5.41, 5.74) is 0. The normalized spacial score (nSPS) is 17.7. The van der Waals surface area contributed by atoms with Crippen LogP contribution in [0.25, 0.3) is 0 Å². The number of benzene rings is 1. The number of hydrogen-bond acceptors (Lipinski definition) is 3. The monoisotopic (exact) mass is 382 g/mol. The molecule has 0 aromatic heterocycles. The molecule has 0 unspecified atom stereocenters. The lowest BCUT2D eigenvalue weighted by molar-refractivity contribution is -0.128. The van der Waals surface area contributed by atoms with Gasteiger partial charge in [-0.15, -0.1) is 0 Å². The first-order chi connectivity index (χ1) is 11.1. The van der Waals surface area contributed by atoms with Crippen LogP contribution >= 0.6 is 15.9 Å². The van der Waals surface area contributed by atoms with Gasteiger partial charge in [0.1, 0.15) is 5.75 Å². The molecule has 0 spiro atoms. The summed E-state index contributed by atoms with van der Waals surface area (Å²) in [5.74, 6) is 0.685. The smallest absolute Gasteiger partial charge is 0.260 e. The summed E-state index contributed by atoms with van der Waals surface area (Å²) in [7, 11) is 0.